The number of rotatable bonds is 12. The average molecular weight is 679 g/mol. The first-order chi connectivity index (χ1) is 22.7. The zero-order valence-corrected chi connectivity index (χ0v) is 26.7. The van der Waals surface area contributed by atoms with Gasteiger partial charge < -0.3 is 29.7 Å². The molecule has 254 valence electrons. The van der Waals surface area contributed by atoms with Gasteiger partial charge in [-0.15, -0.1) is 11.3 Å². The summed E-state index contributed by atoms with van der Waals surface area (Å²) >= 11 is 0.792. The molecule has 0 atom stereocenters. The minimum Gasteiger partial charge on any atom is -0.476 e. The fraction of sp³-hybridized carbons (Fsp3) is 0.500. The van der Waals surface area contributed by atoms with E-state index in [0.29, 0.717) is 44.0 Å². The Morgan fingerprint density at radius 1 is 1.02 bits per heavy atom. The molecule has 3 N–H and O–H groups in total. The number of morpholine rings is 1. The summed E-state index contributed by atoms with van der Waals surface area (Å²) in [5.41, 5.74) is -0.155. The first-order valence-corrected chi connectivity index (χ1v) is 16.2. The van der Waals surface area contributed by atoms with E-state index in [1.807, 2.05) is 0 Å². The Bertz CT molecular complexity index is 1510. The van der Waals surface area contributed by atoms with E-state index in [9.17, 15) is 22.8 Å². The summed E-state index contributed by atoms with van der Waals surface area (Å²) in [7, 11) is 0. The third-order valence-corrected chi connectivity index (χ3v) is 8.32. The minimum atomic E-state index is -4.65. The topological polar surface area (TPSA) is 143 Å². The number of carbonyl (C=O) groups excluding carboxylic acids is 2. The predicted octanol–water partition coefficient (Wildman–Crippen LogP) is 3.34. The summed E-state index contributed by atoms with van der Waals surface area (Å²) in [5.74, 6) is -0.0565. The molecule has 2 aliphatic heterocycles. The van der Waals surface area contributed by atoms with Crippen LogP contribution in [0.2, 0.25) is 0 Å². The van der Waals surface area contributed by atoms with Gasteiger partial charge in [0.05, 0.1) is 25.8 Å². The number of nitrogens with zero attached hydrogens (tertiary/aromatic N) is 5. The molecule has 2 saturated heterocycles. The number of hydrogen-bond acceptors (Lipinski definition) is 12. The van der Waals surface area contributed by atoms with Gasteiger partial charge in [0.2, 0.25) is 5.88 Å². The molecule has 0 spiro atoms. The summed E-state index contributed by atoms with van der Waals surface area (Å²) in [6, 6.07) is 2.46. The van der Waals surface area contributed by atoms with E-state index in [2.05, 4.69) is 40.7 Å². The molecule has 0 aliphatic carbocycles. The van der Waals surface area contributed by atoms with Crippen molar-refractivity contribution in [3.8, 4) is 33.3 Å². The average Bonchev–Trinajstić information content (AvgIpc) is 3.57. The Morgan fingerprint density at radius 3 is 2.51 bits per heavy atom. The zero-order chi connectivity index (χ0) is 33.2. The summed E-state index contributed by atoms with van der Waals surface area (Å²) in [5, 5.41) is 9.40. The van der Waals surface area contributed by atoms with Crippen LogP contribution in [0.15, 0.2) is 29.9 Å². The number of alkyl halides is 3. The van der Waals surface area contributed by atoms with Crippen LogP contribution < -0.4 is 25.4 Å². The second-order valence-electron chi connectivity index (χ2n) is 10.8. The SMILES string of the molecule is CCNC(=O)Nc1cc(-c2nc(C(F)(F)F)cs2)c(-c2cc(OC(=O)CCN3CCNCC3)cnc2OCCN2CCOCC2)cn1. The van der Waals surface area contributed by atoms with Crippen molar-refractivity contribution in [3.05, 3.63) is 35.6 Å². The van der Waals surface area contributed by atoms with Crippen LogP contribution in [0.25, 0.3) is 21.7 Å². The number of halogens is 3. The molecule has 3 aromatic heterocycles. The van der Waals surface area contributed by atoms with Crippen LogP contribution in [0.3, 0.4) is 0 Å². The molecule has 0 bridgehead atoms. The monoisotopic (exact) mass is 678 g/mol. The fourth-order valence-corrected chi connectivity index (χ4v) is 5.88. The highest BCUT2D eigenvalue weighted by Crippen LogP contribution is 2.41. The number of aromatic nitrogens is 3. The summed E-state index contributed by atoms with van der Waals surface area (Å²) < 4.78 is 57.8. The van der Waals surface area contributed by atoms with Gasteiger partial charge in [0.15, 0.2) is 5.69 Å². The quantitative estimate of drug-likeness (QED) is 0.243. The molecule has 17 heteroatoms. The van der Waals surface area contributed by atoms with Gasteiger partial charge >= 0.3 is 18.2 Å². The lowest BCUT2D eigenvalue weighted by Crippen LogP contribution is -2.44. The Morgan fingerprint density at radius 2 is 1.79 bits per heavy atom. The molecule has 13 nitrogen and oxygen atoms in total. The number of urea groups is 1. The van der Waals surface area contributed by atoms with Gasteiger partial charge in [-0.05, 0) is 19.1 Å². The van der Waals surface area contributed by atoms with Gasteiger partial charge in [-0.1, -0.05) is 0 Å². The van der Waals surface area contributed by atoms with Crippen molar-refractivity contribution < 1.29 is 37.0 Å². The van der Waals surface area contributed by atoms with Gasteiger partial charge in [-0.2, -0.15) is 13.2 Å². The number of esters is 1. The number of nitrogens with one attached hydrogen (secondary N) is 3. The van der Waals surface area contributed by atoms with Crippen LogP contribution in [0.4, 0.5) is 23.8 Å². The molecule has 0 saturated carbocycles. The fourth-order valence-electron chi connectivity index (χ4n) is 5.02. The first kappa shape index (κ1) is 34.4. The Hall–Kier alpha value is -3.90. The number of piperazine rings is 1. The number of hydrogen-bond donors (Lipinski definition) is 3. The van der Waals surface area contributed by atoms with Crippen molar-refractivity contribution in [1.29, 1.82) is 0 Å². The molecule has 0 unspecified atom stereocenters. The molecule has 2 aliphatic rings. The Kier molecular flexibility index (Phi) is 11.9. The van der Waals surface area contributed by atoms with Gasteiger partial charge in [0.1, 0.15) is 23.2 Å². The Labute approximate surface area is 273 Å². The maximum Gasteiger partial charge on any atom is 0.434 e. The third kappa shape index (κ3) is 9.80. The van der Waals surface area contributed by atoms with Gasteiger partial charge in [-0.3, -0.25) is 15.0 Å². The second kappa shape index (κ2) is 16.3. The number of thiazole rings is 1. The third-order valence-electron chi connectivity index (χ3n) is 7.45. The van der Waals surface area contributed by atoms with Gasteiger partial charge in [0, 0.05) is 87.2 Å². The van der Waals surface area contributed by atoms with Crippen molar-refractivity contribution >= 4 is 29.2 Å². The molecule has 5 heterocycles. The maximum absolute atomic E-state index is 13.6. The van der Waals surface area contributed by atoms with E-state index >= 15 is 0 Å². The van der Waals surface area contributed by atoms with E-state index < -0.39 is 23.9 Å². The van der Waals surface area contributed by atoms with Crippen LogP contribution in [0, 0.1) is 0 Å². The summed E-state index contributed by atoms with van der Waals surface area (Å²) in [4.78, 5) is 42.0. The van der Waals surface area contributed by atoms with Crippen molar-refractivity contribution in [2.45, 2.75) is 19.5 Å². The summed E-state index contributed by atoms with van der Waals surface area (Å²) in [6.07, 6.45) is -1.72. The van der Waals surface area contributed by atoms with Crippen molar-refractivity contribution in [2.75, 3.05) is 84.0 Å². The molecule has 2 fully saturated rings. The number of amides is 2. The molecule has 3 aromatic rings. The molecular weight excluding hydrogens is 641 g/mol. The van der Waals surface area contributed by atoms with Gasteiger partial charge in [0.25, 0.3) is 0 Å². The van der Waals surface area contributed by atoms with Crippen molar-refractivity contribution in [1.82, 2.24) is 35.4 Å². The van der Waals surface area contributed by atoms with Gasteiger partial charge in [-0.25, -0.2) is 19.7 Å². The maximum atomic E-state index is 13.6. The summed E-state index contributed by atoms with van der Waals surface area (Å²) in [6.45, 7) is 9.64. The van der Waals surface area contributed by atoms with Crippen molar-refractivity contribution in [3.63, 3.8) is 0 Å². The van der Waals surface area contributed by atoms with Crippen LogP contribution in [0.1, 0.15) is 19.0 Å². The molecule has 0 radical (unpaired) electrons. The number of pyridine rings is 2. The van der Waals surface area contributed by atoms with E-state index in [4.69, 9.17) is 14.2 Å². The van der Waals surface area contributed by atoms with E-state index in [-0.39, 0.29) is 41.0 Å². The van der Waals surface area contributed by atoms with Crippen LogP contribution >= 0.6 is 11.3 Å². The van der Waals surface area contributed by atoms with Crippen molar-refractivity contribution in [2.24, 2.45) is 0 Å². The lowest BCUT2D eigenvalue weighted by Gasteiger charge is -2.26. The standard InChI is InChI=1S/C30H37F3N8O5S/c1-2-35-29(43)39-25-16-22(28-38-24(19-47-28)30(31,32)33)23(18-36-25)21-15-20(46-26(42)3-6-40-7-4-34-5-8-40)17-37-27(21)45-14-11-41-9-12-44-13-10-41/h15-19,34H,2-14H2,1H3,(H2,35,36,39,43). The molecule has 5 rings (SSSR count). The molecular formula is C30H37F3N8O5S. The molecule has 2 amide bonds. The predicted molar refractivity (Wildman–Crippen MR) is 169 cm³/mol. The highest BCUT2D eigenvalue weighted by molar-refractivity contribution is 7.13. The number of ether oxygens (including phenoxy) is 3. The van der Waals surface area contributed by atoms with E-state index in [1.165, 1.54) is 18.5 Å². The number of carbonyl (C=O) groups is 2. The lowest BCUT2D eigenvalue weighted by molar-refractivity contribution is -0.140. The lowest BCUT2D eigenvalue weighted by atomic mass is 10.0. The van der Waals surface area contributed by atoms with E-state index in [1.54, 1.807) is 13.0 Å². The number of anilines is 1. The molecule has 47 heavy (non-hydrogen) atoms. The minimum absolute atomic E-state index is 0.0337. The van der Waals surface area contributed by atoms with Crippen LogP contribution in [0.5, 0.6) is 11.6 Å². The van der Waals surface area contributed by atoms with Crippen LogP contribution in [-0.4, -0.2) is 115 Å². The Balaban J connectivity index is 1.47. The normalized spacial score (nSPS) is 16.1. The zero-order valence-electron chi connectivity index (χ0n) is 25.9. The first-order valence-electron chi connectivity index (χ1n) is 15.3. The second-order valence-corrected chi connectivity index (χ2v) is 11.6. The van der Waals surface area contributed by atoms with Crippen LogP contribution in [-0.2, 0) is 15.7 Å². The highest BCUT2D eigenvalue weighted by atomic mass is 32.1. The largest absolute Gasteiger partial charge is 0.476 e. The smallest absolute Gasteiger partial charge is 0.434 e. The molecule has 0 aromatic carbocycles. The van der Waals surface area contributed by atoms with E-state index in [0.717, 1.165) is 56.0 Å². The highest BCUT2D eigenvalue weighted by Gasteiger charge is 2.34.